The lowest BCUT2D eigenvalue weighted by Crippen LogP contribution is -2.46. The summed E-state index contributed by atoms with van der Waals surface area (Å²) >= 11 is 0. The fourth-order valence-corrected chi connectivity index (χ4v) is 2.26. The average Bonchev–Trinajstić information content (AvgIpc) is 3.07. The third-order valence-corrected chi connectivity index (χ3v) is 3.70. The fourth-order valence-electron chi connectivity index (χ4n) is 2.26. The minimum atomic E-state index is 0.280. The van der Waals surface area contributed by atoms with Crippen LogP contribution in [0.15, 0.2) is 18.5 Å². The van der Waals surface area contributed by atoms with Crippen molar-refractivity contribution in [3.05, 3.63) is 24.0 Å². The molecule has 2 heterocycles. The van der Waals surface area contributed by atoms with Gasteiger partial charge >= 0.3 is 0 Å². The van der Waals surface area contributed by atoms with E-state index in [-0.39, 0.29) is 6.61 Å². The van der Waals surface area contributed by atoms with Gasteiger partial charge in [-0.2, -0.15) is 0 Å². The normalized spacial score (nSPS) is 30.8. The van der Waals surface area contributed by atoms with Gasteiger partial charge in [0, 0.05) is 18.8 Å². The molecule has 2 N–H and O–H groups in total. The minimum Gasteiger partial charge on any atom is -0.490 e. The number of nitrogens with zero attached hydrogens (tertiary/aromatic N) is 1. The first kappa shape index (κ1) is 11.0. The molecule has 1 aromatic heterocycles. The average molecular weight is 234 g/mol. The number of aliphatic hydroxyl groups is 1. The predicted octanol–water partition coefficient (Wildman–Crippen LogP) is 0.918. The maximum Gasteiger partial charge on any atom is 0.137 e. The van der Waals surface area contributed by atoms with Crippen molar-refractivity contribution in [2.45, 2.75) is 24.8 Å². The second kappa shape index (κ2) is 4.63. The largest absolute Gasteiger partial charge is 0.490 e. The zero-order valence-corrected chi connectivity index (χ0v) is 9.80. The van der Waals surface area contributed by atoms with Crippen molar-refractivity contribution < 1.29 is 9.84 Å². The van der Waals surface area contributed by atoms with Gasteiger partial charge in [0.1, 0.15) is 12.4 Å². The van der Waals surface area contributed by atoms with Gasteiger partial charge in [0.25, 0.3) is 0 Å². The van der Waals surface area contributed by atoms with Gasteiger partial charge in [0.05, 0.1) is 6.20 Å². The maximum absolute atomic E-state index is 9.06. The van der Waals surface area contributed by atoms with Gasteiger partial charge in [0.2, 0.25) is 0 Å². The number of aromatic nitrogens is 1. The molecule has 2 fully saturated rings. The van der Waals surface area contributed by atoms with E-state index in [0.717, 1.165) is 25.3 Å². The molecule has 3 rings (SSSR count). The first-order valence-electron chi connectivity index (χ1n) is 6.29. The highest BCUT2D eigenvalue weighted by Crippen LogP contribution is 2.47. The smallest absolute Gasteiger partial charge is 0.137 e. The molecule has 1 saturated heterocycles. The van der Waals surface area contributed by atoms with Crippen molar-refractivity contribution in [2.24, 2.45) is 5.92 Å². The van der Waals surface area contributed by atoms with E-state index in [9.17, 15) is 0 Å². The van der Waals surface area contributed by atoms with Crippen LogP contribution in [0.5, 0.6) is 5.75 Å². The number of aliphatic hydroxyl groups excluding tert-OH is 1. The van der Waals surface area contributed by atoms with Crippen molar-refractivity contribution in [3.8, 4) is 5.75 Å². The number of ether oxygens (including phenoxy) is 1. The van der Waals surface area contributed by atoms with Crippen molar-refractivity contribution >= 4 is 0 Å². The monoisotopic (exact) mass is 234 g/mol. The van der Waals surface area contributed by atoms with E-state index in [1.54, 1.807) is 6.20 Å². The summed E-state index contributed by atoms with van der Waals surface area (Å²) in [5.41, 5.74) is 1.20. The van der Waals surface area contributed by atoms with Crippen LogP contribution < -0.4 is 10.1 Å². The van der Waals surface area contributed by atoms with Crippen molar-refractivity contribution in [2.75, 3.05) is 19.8 Å². The summed E-state index contributed by atoms with van der Waals surface area (Å²) in [4.78, 5) is 4.21. The predicted molar refractivity (Wildman–Crippen MR) is 64.1 cm³/mol. The first-order valence-corrected chi connectivity index (χ1v) is 6.29. The van der Waals surface area contributed by atoms with E-state index >= 15 is 0 Å². The Morgan fingerprint density at radius 3 is 3.00 bits per heavy atom. The molecule has 0 spiro atoms. The quantitative estimate of drug-likeness (QED) is 0.795. The van der Waals surface area contributed by atoms with Gasteiger partial charge in [-0.15, -0.1) is 0 Å². The molecule has 0 bridgehead atoms. The summed E-state index contributed by atoms with van der Waals surface area (Å²) in [5.74, 6) is 1.76. The molecule has 4 heteroatoms. The zero-order chi connectivity index (χ0) is 11.7. The number of hydrogen-bond acceptors (Lipinski definition) is 4. The highest BCUT2D eigenvalue weighted by atomic mass is 16.5. The van der Waals surface area contributed by atoms with Crippen LogP contribution in [-0.4, -0.2) is 35.9 Å². The number of rotatable bonds is 5. The summed E-state index contributed by atoms with van der Waals surface area (Å²) in [6.07, 6.45) is 5.92. The second-order valence-electron chi connectivity index (χ2n) is 4.99. The lowest BCUT2D eigenvalue weighted by molar-refractivity contribution is 0.216. The summed E-state index contributed by atoms with van der Waals surface area (Å²) in [7, 11) is 0. The van der Waals surface area contributed by atoms with Gasteiger partial charge in [-0.3, -0.25) is 4.98 Å². The summed E-state index contributed by atoms with van der Waals surface area (Å²) < 4.78 is 5.71. The van der Waals surface area contributed by atoms with E-state index in [0.29, 0.717) is 17.9 Å². The molecule has 0 aromatic carbocycles. The Hall–Kier alpha value is -1.13. The van der Waals surface area contributed by atoms with Crippen LogP contribution in [0, 0.1) is 5.92 Å². The van der Waals surface area contributed by atoms with E-state index < -0.39 is 0 Å². The molecular formula is C13H18N2O2. The summed E-state index contributed by atoms with van der Waals surface area (Å²) in [5, 5.41) is 12.4. The molecular weight excluding hydrogens is 216 g/mol. The Morgan fingerprint density at radius 1 is 1.47 bits per heavy atom. The molecule has 1 aliphatic heterocycles. The molecule has 17 heavy (non-hydrogen) atoms. The topological polar surface area (TPSA) is 54.4 Å². The summed E-state index contributed by atoms with van der Waals surface area (Å²) in [6, 6.07) is 2.57. The van der Waals surface area contributed by atoms with Gasteiger partial charge in [-0.1, -0.05) is 0 Å². The molecule has 0 radical (unpaired) electrons. The minimum absolute atomic E-state index is 0.280. The molecule has 1 saturated carbocycles. The molecule has 1 aliphatic carbocycles. The van der Waals surface area contributed by atoms with Gasteiger partial charge in [-0.05, 0) is 42.9 Å². The van der Waals surface area contributed by atoms with Crippen LogP contribution in [0.1, 0.15) is 24.3 Å². The van der Waals surface area contributed by atoms with E-state index in [1.165, 1.54) is 12.0 Å². The van der Waals surface area contributed by atoms with Crippen molar-refractivity contribution in [1.82, 2.24) is 10.3 Å². The lowest BCUT2D eigenvalue weighted by Gasteiger charge is -2.27. The van der Waals surface area contributed by atoms with Crippen molar-refractivity contribution in [3.63, 3.8) is 0 Å². The summed E-state index contributed by atoms with van der Waals surface area (Å²) in [6.45, 7) is 2.10. The Morgan fingerprint density at radius 2 is 2.35 bits per heavy atom. The third-order valence-electron chi connectivity index (χ3n) is 3.70. The fraction of sp³-hybridized carbons (Fsp3) is 0.615. The molecule has 4 nitrogen and oxygen atoms in total. The van der Waals surface area contributed by atoms with Crippen molar-refractivity contribution in [1.29, 1.82) is 0 Å². The van der Waals surface area contributed by atoms with E-state index in [4.69, 9.17) is 9.84 Å². The van der Waals surface area contributed by atoms with E-state index in [1.807, 2.05) is 6.20 Å². The molecule has 1 aromatic rings. The van der Waals surface area contributed by atoms with Crippen LogP contribution in [0.4, 0.5) is 0 Å². The Balaban J connectivity index is 1.58. The Bertz CT molecular complexity index is 393. The SMILES string of the molecule is OC[C@H]1CC1c1cncc(OC[C@@H]2CCN2)c1. The Kier molecular flexibility index (Phi) is 2.99. The van der Waals surface area contributed by atoms with Crippen LogP contribution in [-0.2, 0) is 0 Å². The second-order valence-corrected chi connectivity index (χ2v) is 4.99. The highest BCUT2D eigenvalue weighted by molar-refractivity contribution is 5.30. The number of hydrogen-bond donors (Lipinski definition) is 2. The van der Waals surface area contributed by atoms with Crippen LogP contribution in [0.25, 0.3) is 0 Å². The maximum atomic E-state index is 9.06. The molecule has 3 atom stereocenters. The zero-order valence-electron chi connectivity index (χ0n) is 9.80. The molecule has 92 valence electrons. The van der Waals surface area contributed by atoms with Gasteiger partial charge in [0.15, 0.2) is 0 Å². The third kappa shape index (κ3) is 2.42. The molecule has 0 amide bonds. The van der Waals surface area contributed by atoms with Crippen LogP contribution in [0.2, 0.25) is 0 Å². The Labute approximate surface area is 101 Å². The van der Waals surface area contributed by atoms with Gasteiger partial charge in [-0.25, -0.2) is 0 Å². The molecule has 2 aliphatic rings. The number of pyridine rings is 1. The lowest BCUT2D eigenvalue weighted by atomic mass is 10.1. The molecule has 1 unspecified atom stereocenters. The van der Waals surface area contributed by atoms with Crippen LogP contribution >= 0.6 is 0 Å². The first-order chi connectivity index (χ1) is 8.36. The highest BCUT2D eigenvalue weighted by Gasteiger charge is 2.37. The standard InChI is InChI=1S/C13H18N2O2/c16-7-10-4-13(10)9-3-12(6-14-5-9)17-8-11-1-2-15-11/h3,5-6,10-11,13,15-16H,1-2,4,7-8H2/t10-,11+,13?/m1/s1. The van der Waals surface area contributed by atoms with E-state index in [2.05, 4.69) is 16.4 Å². The van der Waals surface area contributed by atoms with Crippen LogP contribution in [0.3, 0.4) is 0 Å². The van der Waals surface area contributed by atoms with Gasteiger partial charge < -0.3 is 15.2 Å². The number of nitrogens with one attached hydrogen (secondary N) is 1.